The van der Waals surface area contributed by atoms with Crippen molar-refractivity contribution in [2.45, 2.75) is 45.6 Å². The van der Waals surface area contributed by atoms with Gasteiger partial charge in [-0.15, -0.1) is 0 Å². The number of piperidine rings is 2. The number of urea groups is 1. The molecule has 0 spiro atoms. The predicted octanol–water partition coefficient (Wildman–Crippen LogP) is 4.08. The van der Waals surface area contributed by atoms with E-state index < -0.39 is 0 Å². The number of aryl methyl sites for hydroxylation is 1. The highest BCUT2D eigenvalue weighted by atomic mass is 32.1. The molecular weight excluding hydrogens is 491 g/mol. The summed E-state index contributed by atoms with van der Waals surface area (Å²) in [6, 6.07) is 8.58. The Kier molecular flexibility index (Phi) is 9.24. The standard InChI is InChI=1S/C27H35FN6O2S/c1-18-25(19(2)35)37-27(30-18)32-26(36)31-24-17-33(13-10-29)12-9-22(24)16-34-11-3-4-21(15-34)14-20-5-7-23(28)8-6-20/h5-8,21-22,24H,3-4,9,11-17H2,1-2H3,(H2,30,31,32,36)/t21?,22-,24-/m0/s1. The molecule has 0 saturated carbocycles. The van der Waals surface area contributed by atoms with Gasteiger partial charge in [0.25, 0.3) is 0 Å². The number of rotatable bonds is 8. The highest BCUT2D eigenvalue weighted by Gasteiger charge is 2.33. The summed E-state index contributed by atoms with van der Waals surface area (Å²) in [7, 11) is 0. The molecule has 1 aromatic heterocycles. The number of aromatic nitrogens is 1. The minimum atomic E-state index is -0.342. The summed E-state index contributed by atoms with van der Waals surface area (Å²) in [5.74, 6) is 0.512. The van der Waals surface area contributed by atoms with Gasteiger partial charge in [0.15, 0.2) is 10.9 Å². The van der Waals surface area contributed by atoms with Crippen molar-refractivity contribution in [3.63, 3.8) is 0 Å². The first-order valence-corrected chi connectivity index (χ1v) is 13.7. The van der Waals surface area contributed by atoms with Crippen LogP contribution in [0.25, 0.3) is 0 Å². The number of Topliss-reactive ketones (excluding diaryl/α,β-unsaturated/α-hetero) is 1. The number of hydrogen-bond acceptors (Lipinski definition) is 7. The number of halogens is 1. The molecule has 4 rings (SSSR count). The molecule has 2 aliphatic rings. The molecule has 2 N–H and O–H groups in total. The lowest BCUT2D eigenvalue weighted by atomic mass is 9.87. The second-order valence-corrected chi connectivity index (χ2v) is 11.2. The molecule has 0 radical (unpaired) electrons. The van der Waals surface area contributed by atoms with Crippen molar-refractivity contribution in [3.05, 3.63) is 46.2 Å². The molecule has 8 nitrogen and oxygen atoms in total. The average Bonchev–Trinajstić information content (AvgIpc) is 3.22. The van der Waals surface area contributed by atoms with E-state index in [1.807, 2.05) is 12.1 Å². The quantitative estimate of drug-likeness (QED) is 0.397. The maximum atomic E-state index is 13.3. The number of hydrogen-bond donors (Lipinski definition) is 2. The summed E-state index contributed by atoms with van der Waals surface area (Å²) in [6.07, 6.45) is 4.13. The molecule has 2 aliphatic heterocycles. The van der Waals surface area contributed by atoms with Gasteiger partial charge in [-0.1, -0.05) is 23.5 Å². The van der Waals surface area contributed by atoms with Crippen LogP contribution >= 0.6 is 11.3 Å². The first-order chi connectivity index (χ1) is 17.8. The molecule has 3 heterocycles. The summed E-state index contributed by atoms with van der Waals surface area (Å²) in [6.45, 7) is 7.94. The summed E-state index contributed by atoms with van der Waals surface area (Å²) in [5.41, 5.74) is 1.78. The summed E-state index contributed by atoms with van der Waals surface area (Å²) in [4.78, 5) is 34.1. The van der Waals surface area contributed by atoms with Crippen LogP contribution in [-0.4, -0.2) is 71.9 Å². The van der Waals surface area contributed by atoms with Gasteiger partial charge in [0.1, 0.15) is 5.82 Å². The van der Waals surface area contributed by atoms with Gasteiger partial charge in [0.05, 0.1) is 23.2 Å². The minimum absolute atomic E-state index is 0.0674. The number of carbonyl (C=O) groups excluding carboxylic acids is 2. The van der Waals surface area contributed by atoms with E-state index in [0.29, 0.717) is 34.7 Å². The van der Waals surface area contributed by atoms with Gasteiger partial charge < -0.3 is 10.2 Å². The zero-order chi connectivity index (χ0) is 26.4. The number of nitriles is 1. The number of amides is 2. The molecule has 37 heavy (non-hydrogen) atoms. The van der Waals surface area contributed by atoms with E-state index in [9.17, 15) is 19.2 Å². The maximum Gasteiger partial charge on any atom is 0.321 e. The number of ketones is 1. The lowest BCUT2D eigenvalue weighted by Crippen LogP contribution is -2.56. The zero-order valence-electron chi connectivity index (χ0n) is 21.5. The van der Waals surface area contributed by atoms with Crippen LogP contribution in [0.3, 0.4) is 0 Å². The zero-order valence-corrected chi connectivity index (χ0v) is 22.3. The Balaban J connectivity index is 1.37. The minimum Gasteiger partial charge on any atom is -0.333 e. The number of benzene rings is 1. The van der Waals surface area contributed by atoms with Crippen molar-refractivity contribution in [2.24, 2.45) is 11.8 Å². The van der Waals surface area contributed by atoms with Crippen molar-refractivity contribution in [3.8, 4) is 6.07 Å². The van der Waals surface area contributed by atoms with Crippen LogP contribution in [0.2, 0.25) is 0 Å². The van der Waals surface area contributed by atoms with Gasteiger partial charge in [0.2, 0.25) is 0 Å². The maximum absolute atomic E-state index is 13.3. The van der Waals surface area contributed by atoms with E-state index >= 15 is 0 Å². The van der Waals surface area contributed by atoms with E-state index in [0.717, 1.165) is 51.9 Å². The molecule has 3 atom stereocenters. The molecule has 1 aromatic carbocycles. The van der Waals surface area contributed by atoms with Crippen LogP contribution in [0.1, 0.15) is 47.1 Å². The number of nitrogens with zero attached hydrogens (tertiary/aromatic N) is 4. The third kappa shape index (κ3) is 7.57. The lowest BCUT2D eigenvalue weighted by Gasteiger charge is -2.42. The fourth-order valence-corrected chi connectivity index (χ4v) is 6.40. The van der Waals surface area contributed by atoms with Crippen LogP contribution in [0.4, 0.5) is 14.3 Å². The Morgan fingerprint density at radius 3 is 2.68 bits per heavy atom. The Hall–Kier alpha value is -2.87. The van der Waals surface area contributed by atoms with Gasteiger partial charge in [-0.05, 0) is 75.2 Å². The van der Waals surface area contributed by atoms with Crippen LogP contribution in [0, 0.1) is 35.9 Å². The molecule has 198 valence electrons. The predicted molar refractivity (Wildman–Crippen MR) is 142 cm³/mol. The van der Waals surface area contributed by atoms with Crippen LogP contribution in [0.15, 0.2) is 24.3 Å². The summed E-state index contributed by atoms with van der Waals surface area (Å²) in [5, 5.41) is 15.5. The highest BCUT2D eigenvalue weighted by Crippen LogP contribution is 2.26. The third-order valence-corrected chi connectivity index (χ3v) is 8.49. The number of nitrogens with one attached hydrogen (secondary N) is 2. The molecule has 1 unspecified atom stereocenters. The Bertz CT molecular complexity index is 1130. The SMILES string of the molecule is CC(=O)c1sc(NC(=O)N[C@H]2CN(CC#N)CC[C@H]2CN2CCCC(Cc3ccc(F)cc3)C2)nc1C. The van der Waals surface area contributed by atoms with Crippen molar-refractivity contribution in [1.82, 2.24) is 20.1 Å². The molecule has 10 heteroatoms. The van der Waals surface area contributed by atoms with Gasteiger partial charge in [-0.2, -0.15) is 5.26 Å². The monoisotopic (exact) mass is 526 g/mol. The van der Waals surface area contributed by atoms with Gasteiger partial charge >= 0.3 is 6.03 Å². The summed E-state index contributed by atoms with van der Waals surface area (Å²) >= 11 is 1.18. The fourth-order valence-electron chi connectivity index (χ4n) is 5.54. The van der Waals surface area contributed by atoms with Gasteiger partial charge in [-0.3, -0.25) is 15.0 Å². The van der Waals surface area contributed by atoms with E-state index in [4.69, 9.17) is 0 Å². The van der Waals surface area contributed by atoms with E-state index in [1.54, 1.807) is 6.92 Å². The van der Waals surface area contributed by atoms with Crippen LogP contribution in [-0.2, 0) is 6.42 Å². The lowest BCUT2D eigenvalue weighted by molar-refractivity contribution is 0.0952. The number of carbonyl (C=O) groups is 2. The average molecular weight is 527 g/mol. The molecule has 0 bridgehead atoms. The van der Waals surface area contributed by atoms with Crippen LogP contribution in [0.5, 0.6) is 0 Å². The topological polar surface area (TPSA) is 101 Å². The smallest absolute Gasteiger partial charge is 0.321 e. The van der Waals surface area contributed by atoms with E-state index in [1.165, 1.54) is 36.0 Å². The molecular formula is C27H35FN6O2S. The second-order valence-electron chi connectivity index (χ2n) is 10.2. The first-order valence-electron chi connectivity index (χ1n) is 12.9. The largest absolute Gasteiger partial charge is 0.333 e. The molecule has 2 aromatic rings. The van der Waals surface area contributed by atoms with Crippen molar-refractivity contribution in [1.29, 1.82) is 5.26 Å². The van der Waals surface area contributed by atoms with E-state index in [2.05, 4.69) is 31.5 Å². The Morgan fingerprint density at radius 2 is 1.97 bits per heavy atom. The van der Waals surface area contributed by atoms with E-state index in [-0.39, 0.29) is 29.6 Å². The van der Waals surface area contributed by atoms with Crippen molar-refractivity contribution >= 4 is 28.3 Å². The van der Waals surface area contributed by atoms with Crippen LogP contribution < -0.4 is 10.6 Å². The molecule has 2 saturated heterocycles. The van der Waals surface area contributed by atoms with Gasteiger partial charge in [-0.25, -0.2) is 14.2 Å². The normalized spacial score (nSPS) is 22.8. The fraction of sp³-hybridized carbons (Fsp3) is 0.556. The van der Waals surface area contributed by atoms with Crippen molar-refractivity contribution in [2.75, 3.05) is 44.6 Å². The Morgan fingerprint density at radius 1 is 1.19 bits per heavy atom. The molecule has 2 fully saturated rings. The number of likely N-dealkylation sites (tertiary alicyclic amines) is 2. The third-order valence-electron chi connectivity index (χ3n) is 7.32. The number of thiazole rings is 1. The first kappa shape index (κ1) is 27.2. The highest BCUT2D eigenvalue weighted by molar-refractivity contribution is 7.17. The Labute approximate surface area is 221 Å². The molecule has 0 aliphatic carbocycles. The summed E-state index contributed by atoms with van der Waals surface area (Å²) < 4.78 is 13.3. The second kappa shape index (κ2) is 12.6. The van der Waals surface area contributed by atoms with Gasteiger partial charge in [0, 0.05) is 32.6 Å². The van der Waals surface area contributed by atoms with Crippen molar-refractivity contribution < 1.29 is 14.0 Å². The number of anilines is 1. The molecule has 2 amide bonds.